The Bertz CT molecular complexity index is 543. The van der Waals surface area contributed by atoms with E-state index in [1.807, 2.05) is 24.4 Å². The molecule has 0 saturated heterocycles. The lowest BCUT2D eigenvalue weighted by Gasteiger charge is -2.20. The summed E-state index contributed by atoms with van der Waals surface area (Å²) in [7, 11) is 0. The molecule has 20 heavy (non-hydrogen) atoms. The van der Waals surface area contributed by atoms with Gasteiger partial charge in [-0.15, -0.1) is 11.3 Å². The third-order valence-corrected chi connectivity index (χ3v) is 3.57. The Labute approximate surface area is 124 Å². The van der Waals surface area contributed by atoms with Crippen LogP contribution in [-0.2, 0) is 13.2 Å². The Morgan fingerprint density at radius 1 is 1.30 bits per heavy atom. The number of nitrogens with zero attached hydrogens (tertiary/aromatic N) is 2. The molecule has 4 nitrogen and oxygen atoms in total. The summed E-state index contributed by atoms with van der Waals surface area (Å²) in [5, 5.41) is 6.42. The first kappa shape index (κ1) is 14.9. The van der Waals surface area contributed by atoms with Crippen molar-refractivity contribution >= 4 is 11.3 Å². The molecule has 0 amide bonds. The minimum Gasteiger partial charge on any atom is -0.485 e. The molecule has 0 atom stereocenters. The molecule has 0 aliphatic carbocycles. The van der Waals surface area contributed by atoms with E-state index in [2.05, 4.69) is 36.1 Å². The second-order valence-corrected chi connectivity index (χ2v) is 6.70. The Balaban J connectivity index is 1.85. The number of hydrogen-bond donors (Lipinski definition) is 1. The number of aromatic nitrogens is 2. The fourth-order valence-corrected chi connectivity index (χ4v) is 2.25. The summed E-state index contributed by atoms with van der Waals surface area (Å²) in [6.45, 7) is 9.66. The van der Waals surface area contributed by atoms with Crippen molar-refractivity contribution in [3.8, 4) is 5.75 Å². The van der Waals surface area contributed by atoms with Gasteiger partial charge in [0.2, 0.25) is 0 Å². The van der Waals surface area contributed by atoms with E-state index in [1.54, 1.807) is 17.5 Å². The largest absolute Gasteiger partial charge is 0.485 e. The Hall–Kier alpha value is -1.46. The minimum atomic E-state index is 0.0968. The number of pyridine rings is 1. The van der Waals surface area contributed by atoms with Crippen LogP contribution >= 0.6 is 11.3 Å². The SMILES string of the molecule is Cc1csc(COc2ccc(CNC(C)(C)C)nc2)n1. The smallest absolute Gasteiger partial charge is 0.140 e. The van der Waals surface area contributed by atoms with Gasteiger partial charge in [0.05, 0.1) is 11.9 Å². The van der Waals surface area contributed by atoms with E-state index in [-0.39, 0.29) is 5.54 Å². The molecule has 0 bridgehead atoms. The molecule has 2 heterocycles. The molecule has 0 aliphatic heterocycles. The highest BCUT2D eigenvalue weighted by Crippen LogP contribution is 2.14. The van der Waals surface area contributed by atoms with Gasteiger partial charge in [-0.3, -0.25) is 4.98 Å². The van der Waals surface area contributed by atoms with Crippen LogP contribution in [0.5, 0.6) is 5.75 Å². The predicted octanol–water partition coefficient (Wildman–Crippen LogP) is 3.31. The molecular formula is C15H21N3OS. The van der Waals surface area contributed by atoms with Crippen molar-refractivity contribution in [2.75, 3.05) is 0 Å². The molecule has 1 N–H and O–H groups in total. The molecule has 2 aromatic heterocycles. The normalized spacial score (nSPS) is 11.6. The maximum atomic E-state index is 5.67. The lowest BCUT2D eigenvalue weighted by Crippen LogP contribution is -2.35. The van der Waals surface area contributed by atoms with Crippen LogP contribution in [0, 0.1) is 6.92 Å². The van der Waals surface area contributed by atoms with Gasteiger partial charge in [-0.05, 0) is 39.8 Å². The van der Waals surface area contributed by atoms with Crippen LogP contribution in [0.25, 0.3) is 0 Å². The highest BCUT2D eigenvalue weighted by Gasteiger charge is 2.08. The molecule has 0 spiro atoms. The zero-order valence-corrected chi connectivity index (χ0v) is 13.3. The quantitative estimate of drug-likeness (QED) is 0.918. The van der Waals surface area contributed by atoms with Crippen molar-refractivity contribution in [2.45, 2.75) is 46.4 Å². The number of ether oxygens (including phenoxy) is 1. The molecule has 0 fully saturated rings. The lowest BCUT2D eigenvalue weighted by atomic mass is 10.1. The van der Waals surface area contributed by atoms with Gasteiger partial charge in [0.15, 0.2) is 0 Å². The first-order valence-electron chi connectivity index (χ1n) is 6.66. The summed E-state index contributed by atoms with van der Waals surface area (Å²) < 4.78 is 5.67. The van der Waals surface area contributed by atoms with Crippen LogP contribution in [0.1, 0.15) is 37.2 Å². The highest BCUT2D eigenvalue weighted by atomic mass is 32.1. The van der Waals surface area contributed by atoms with Crippen molar-refractivity contribution in [3.05, 3.63) is 40.1 Å². The van der Waals surface area contributed by atoms with Crippen LogP contribution < -0.4 is 10.1 Å². The summed E-state index contributed by atoms with van der Waals surface area (Å²) in [6, 6.07) is 3.94. The summed E-state index contributed by atoms with van der Waals surface area (Å²) in [4.78, 5) is 8.76. The molecule has 0 radical (unpaired) electrons. The van der Waals surface area contributed by atoms with Gasteiger partial charge < -0.3 is 10.1 Å². The maximum absolute atomic E-state index is 5.67. The number of aryl methyl sites for hydroxylation is 1. The molecule has 0 saturated carbocycles. The fraction of sp³-hybridized carbons (Fsp3) is 0.467. The Morgan fingerprint density at radius 2 is 2.10 bits per heavy atom. The molecule has 5 heteroatoms. The van der Waals surface area contributed by atoms with Crippen molar-refractivity contribution in [2.24, 2.45) is 0 Å². The van der Waals surface area contributed by atoms with Gasteiger partial charge in [0.25, 0.3) is 0 Å². The topological polar surface area (TPSA) is 47.0 Å². The van der Waals surface area contributed by atoms with Crippen molar-refractivity contribution in [3.63, 3.8) is 0 Å². The van der Waals surface area contributed by atoms with Crippen LogP contribution in [0.4, 0.5) is 0 Å². The molecule has 2 rings (SSSR count). The summed E-state index contributed by atoms with van der Waals surface area (Å²) >= 11 is 1.62. The molecule has 0 unspecified atom stereocenters. The summed E-state index contributed by atoms with van der Waals surface area (Å²) in [5.41, 5.74) is 2.15. The number of nitrogens with one attached hydrogen (secondary N) is 1. The van der Waals surface area contributed by atoms with Gasteiger partial charge in [-0.1, -0.05) is 0 Å². The van der Waals surface area contributed by atoms with Gasteiger partial charge in [0.1, 0.15) is 17.4 Å². The lowest BCUT2D eigenvalue weighted by molar-refractivity contribution is 0.304. The standard InChI is InChI=1S/C15H21N3OS/c1-11-10-20-14(18-11)9-19-13-6-5-12(16-8-13)7-17-15(2,3)4/h5-6,8,10,17H,7,9H2,1-4H3. The van der Waals surface area contributed by atoms with Gasteiger partial charge in [-0.2, -0.15) is 0 Å². The zero-order valence-electron chi connectivity index (χ0n) is 12.4. The van der Waals surface area contributed by atoms with Crippen molar-refractivity contribution < 1.29 is 4.74 Å². The Morgan fingerprint density at radius 3 is 2.65 bits per heavy atom. The summed E-state index contributed by atoms with van der Waals surface area (Å²) in [5.74, 6) is 0.775. The van der Waals surface area contributed by atoms with E-state index in [9.17, 15) is 0 Å². The number of rotatable bonds is 5. The monoisotopic (exact) mass is 291 g/mol. The first-order valence-corrected chi connectivity index (χ1v) is 7.54. The number of thiazole rings is 1. The van der Waals surface area contributed by atoms with Gasteiger partial charge in [0, 0.05) is 23.2 Å². The molecule has 0 aliphatic rings. The minimum absolute atomic E-state index is 0.0968. The second kappa shape index (κ2) is 6.33. The van der Waals surface area contributed by atoms with Crippen LogP contribution in [0.2, 0.25) is 0 Å². The number of hydrogen-bond acceptors (Lipinski definition) is 5. The average molecular weight is 291 g/mol. The van der Waals surface area contributed by atoms with E-state index in [0.717, 1.165) is 28.7 Å². The first-order chi connectivity index (χ1) is 9.42. The Kier molecular flexibility index (Phi) is 4.73. The van der Waals surface area contributed by atoms with E-state index in [4.69, 9.17) is 4.74 Å². The van der Waals surface area contributed by atoms with Crippen molar-refractivity contribution in [1.82, 2.24) is 15.3 Å². The molecule has 0 aromatic carbocycles. The average Bonchev–Trinajstić information content (AvgIpc) is 2.80. The van der Waals surface area contributed by atoms with E-state index >= 15 is 0 Å². The third kappa shape index (κ3) is 4.90. The molecule has 2 aromatic rings. The second-order valence-electron chi connectivity index (χ2n) is 5.76. The van der Waals surface area contributed by atoms with Crippen LogP contribution in [-0.4, -0.2) is 15.5 Å². The van der Waals surface area contributed by atoms with Crippen molar-refractivity contribution in [1.29, 1.82) is 0 Å². The zero-order chi connectivity index (χ0) is 14.6. The van der Waals surface area contributed by atoms with Gasteiger partial charge in [-0.25, -0.2) is 4.98 Å². The van der Waals surface area contributed by atoms with Crippen LogP contribution in [0.3, 0.4) is 0 Å². The van der Waals surface area contributed by atoms with E-state index in [0.29, 0.717) is 6.61 Å². The highest BCUT2D eigenvalue weighted by molar-refractivity contribution is 7.09. The van der Waals surface area contributed by atoms with E-state index in [1.165, 1.54) is 0 Å². The third-order valence-electron chi connectivity index (χ3n) is 2.63. The van der Waals surface area contributed by atoms with Crippen LogP contribution in [0.15, 0.2) is 23.7 Å². The summed E-state index contributed by atoms with van der Waals surface area (Å²) in [6.07, 6.45) is 1.76. The predicted molar refractivity (Wildman–Crippen MR) is 82.0 cm³/mol. The van der Waals surface area contributed by atoms with E-state index < -0.39 is 0 Å². The molecular weight excluding hydrogens is 270 g/mol. The molecule has 108 valence electrons. The maximum Gasteiger partial charge on any atom is 0.140 e. The fourth-order valence-electron chi connectivity index (χ4n) is 1.57. The van der Waals surface area contributed by atoms with Gasteiger partial charge >= 0.3 is 0 Å².